The number of amides is 3. The van der Waals surface area contributed by atoms with Crippen LogP contribution < -0.4 is 21.3 Å². The predicted molar refractivity (Wildman–Crippen MR) is 193 cm³/mol. The van der Waals surface area contributed by atoms with Crippen molar-refractivity contribution in [1.29, 1.82) is 0 Å². The highest BCUT2D eigenvalue weighted by molar-refractivity contribution is 5.98. The number of carbonyl (C=O) groups is 3. The van der Waals surface area contributed by atoms with Crippen LogP contribution >= 0.6 is 0 Å². The molecular formula is C37H47N7O5. The van der Waals surface area contributed by atoms with Crippen LogP contribution in [-0.4, -0.2) is 77.5 Å². The summed E-state index contributed by atoms with van der Waals surface area (Å²) in [4.78, 5) is 43.4. The third-order valence-corrected chi connectivity index (χ3v) is 8.55. The molecule has 12 nitrogen and oxygen atoms in total. The largest absolute Gasteiger partial charge is 0.453 e. The zero-order chi connectivity index (χ0) is 34.0. The number of methoxy groups -OCH3 is 1. The van der Waals surface area contributed by atoms with Crippen LogP contribution in [0.4, 0.5) is 10.5 Å². The van der Waals surface area contributed by atoms with Gasteiger partial charge in [-0.1, -0.05) is 78.9 Å². The number of anilines is 1. The van der Waals surface area contributed by atoms with E-state index in [1.54, 1.807) is 29.0 Å². The maximum atomic E-state index is 14.0. The molecule has 3 aromatic carbocycles. The van der Waals surface area contributed by atoms with E-state index in [4.69, 9.17) is 9.47 Å². The van der Waals surface area contributed by atoms with Gasteiger partial charge in [0.15, 0.2) is 11.3 Å². The predicted octanol–water partition coefficient (Wildman–Crippen LogP) is 4.93. The first-order valence-electron chi connectivity index (χ1n) is 16.2. The Labute approximate surface area is 290 Å². The lowest BCUT2D eigenvalue weighted by molar-refractivity contribution is -0.118. The molecule has 4 N–H and O–H groups in total. The van der Waals surface area contributed by atoms with Crippen LogP contribution in [0.1, 0.15) is 45.2 Å². The average Bonchev–Trinajstić information content (AvgIpc) is 3.59. The number of aryl methyl sites for hydroxylation is 1. The van der Waals surface area contributed by atoms with Crippen molar-refractivity contribution in [2.24, 2.45) is 0 Å². The third-order valence-electron chi connectivity index (χ3n) is 8.55. The monoisotopic (exact) mass is 669 g/mol. The number of benzene rings is 3. The first-order chi connectivity index (χ1) is 24.0. The molecule has 1 saturated heterocycles. The van der Waals surface area contributed by atoms with Gasteiger partial charge in [-0.25, -0.2) is 14.3 Å². The molecule has 5 aromatic rings. The van der Waals surface area contributed by atoms with E-state index in [2.05, 4.69) is 31.3 Å². The number of fused-ring (bicyclic) bond motifs is 1. The molecule has 3 heterocycles. The summed E-state index contributed by atoms with van der Waals surface area (Å²) in [6.07, 6.45) is 4.03. The maximum Gasteiger partial charge on any atom is 0.407 e. The number of nitrogens with one attached hydrogen (secondary N) is 4. The Balaban J connectivity index is 0.00000243. The van der Waals surface area contributed by atoms with Gasteiger partial charge in [0, 0.05) is 54.9 Å². The van der Waals surface area contributed by atoms with E-state index in [0.29, 0.717) is 49.6 Å². The Morgan fingerprint density at radius 1 is 1.00 bits per heavy atom. The third kappa shape index (κ3) is 8.47. The minimum Gasteiger partial charge on any atom is -0.453 e. The van der Waals surface area contributed by atoms with Crippen LogP contribution in [0.2, 0.25) is 0 Å². The molecule has 1 aliphatic heterocycles. The van der Waals surface area contributed by atoms with Gasteiger partial charge in [0.25, 0.3) is 5.91 Å². The van der Waals surface area contributed by atoms with Crippen molar-refractivity contribution in [3.8, 4) is 0 Å². The van der Waals surface area contributed by atoms with Crippen molar-refractivity contribution in [2.75, 3.05) is 32.1 Å². The normalized spacial score (nSPS) is 16.5. The van der Waals surface area contributed by atoms with Crippen LogP contribution in [0.5, 0.6) is 0 Å². The van der Waals surface area contributed by atoms with Gasteiger partial charge in [-0.15, -0.1) is 0 Å². The number of carbonyl (C=O) groups excluding carboxylic acids is 3. The Morgan fingerprint density at radius 2 is 1.71 bits per heavy atom. The zero-order valence-corrected chi connectivity index (χ0v) is 27.1. The number of hydrogen-bond acceptors (Lipinski definition) is 8. The fourth-order valence-corrected chi connectivity index (χ4v) is 6.00. The second-order valence-corrected chi connectivity index (χ2v) is 11.8. The molecule has 1 aliphatic rings. The number of rotatable bonds is 12. The van der Waals surface area contributed by atoms with Crippen molar-refractivity contribution >= 4 is 29.2 Å². The van der Waals surface area contributed by atoms with Crippen LogP contribution in [-0.2, 0) is 20.7 Å². The quantitative estimate of drug-likeness (QED) is 0.146. The fourth-order valence-electron chi connectivity index (χ4n) is 6.00. The highest BCUT2D eigenvalue weighted by atomic mass is 16.5. The molecule has 260 valence electrons. The van der Waals surface area contributed by atoms with Crippen LogP contribution in [0, 0.1) is 0 Å². The van der Waals surface area contributed by atoms with E-state index in [1.807, 2.05) is 84.9 Å². The molecule has 0 spiro atoms. The minimum absolute atomic E-state index is 0. The van der Waals surface area contributed by atoms with Gasteiger partial charge in [-0.05, 0) is 41.7 Å². The lowest BCUT2D eigenvalue weighted by atomic mass is 9.84. The number of nitrogens with zero attached hydrogens (tertiary/aromatic N) is 3. The van der Waals surface area contributed by atoms with Crippen LogP contribution in [0.25, 0.3) is 5.65 Å². The zero-order valence-electron chi connectivity index (χ0n) is 27.1. The SMILES string of the molecule is COC(=O)N[C@H](C(=O)Nc1ccccc1CC[C@@H]1CN[C@H](CNC(=O)c2cc3ncccn3n2)CO1)C(c1ccccc1)c1ccccc1.[HH].[HH].[HH].[HH]. The molecule has 2 aromatic heterocycles. The summed E-state index contributed by atoms with van der Waals surface area (Å²) in [5, 5.41) is 16.5. The van der Waals surface area contributed by atoms with E-state index < -0.39 is 18.1 Å². The van der Waals surface area contributed by atoms with E-state index in [0.717, 1.165) is 16.7 Å². The molecule has 3 atom stereocenters. The molecular weight excluding hydrogens is 622 g/mol. The van der Waals surface area contributed by atoms with Crippen molar-refractivity contribution < 1.29 is 29.6 Å². The Hall–Kier alpha value is -5.59. The Kier molecular flexibility index (Phi) is 10.9. The summed E-state index contributed by atoms with van der Waals surface area (Å²) in [7, 11) is 1.28. The first kappa shape index (κ1) is 33.3. The van der Waals surface area contributed by atoms with E-state index in [9.17, 15) is 14.4 Å². The number of para-hydroxylation sites is 1. The standard InChI is InChI=1S/C37H39N7O5.4H2/c1-48-37(47)42-34(33(26-12-4-2-5-13-26)27-14-6-3-7-15-27)36(46)41-30-16-9-8-11-25(30)17-18-29-23-39-28(24-49-29)22-40-35(45)31-21-32-38-19-10-20-44(32)43-31;;;;/h2-16,19-21,28-29,33-34,39H,17-18,22-24H2,1H3,(H,40,45)(H,41,46)(H,42,47);4*1H/t28-,29-,34+;;;;/m1..../s1. The van der Waals surface area contributed by atoms with Crippen LogP contribution in [0.15, 0.2) is 109 Å². The molecule has 0 bridgehead atoms. The van der Waals surface area contributed by atoms with Gasteiger partial charge in [0.05, 0.1) is 19.8 Å². The fraction of sp³-hybridized carbons (Fsp3) is 0.270. The molecule has 0 aliphatic carbocycles. The Morgan fingerprint density at radius 3 is 2.39 bits per heavy atom. The van der Waals surface area contributed by atoms with Crippen molar-refractivity contribution in [1.82, 2.24) is 30.5 Å². The van der Waals surface area contributed by atoms with E-state index in [-0.39, 0.29) is 29.7 Å². The van der Waals surface area contributed by atoms with Gasteiger partial charge in [0.2, 0.25) is 5.91 Å². The van der Waals surface area contributed by atoms with Crippen LogP contribution in [0.3, 0.4) is 0 Å². The molecule has 0 unspecified atom stereocenters. The number of aromatic nitrogens is 3. The topological polar surface area (TPSA) is 148 Å². The summed E-state index contributed by atoms with van der Waals surface area (Å²) in [6.45, 7) is 1.46. The van der Waals surface area contributed by atoms with Crippen molar-refractivity contribution in [3.63, 3.8) is 0 Å². The second kappa shape index (κ2) is 16.0. The van der Waals surface area contributed by atoms with Crippen molar-refractivity contribution in [2.45, 2.75) is 36.9 Å². The molecule has 49 heavy (non-hydrogen) atoms. The van der Waals surface area contributed by atoms with Gasteiger partial charge >= 0.3 is 6.09 Å². The van der Waals surface area contributed by atoms with Gasteiger partial charge in [-0.2, -0.15) is 5.10 Å². The van der Waals surface area contributed by atoms with E-state index in [1.165, 1.54) is 7.11 Å². The summed E-state index contributed by atoms with van der Waals surface area (Å²) < 4.78 is 12.6. The van der Waals surface area contributed by atoms with Gasteiger partial charge < -0.3 is 30.7 Å². The number of hydrogen-bond donors (Lipinski definition) is 4. The lowest BCUT2D eigenvalue weighted by Gasteiger charge is -2.31. The Bertz CT molecular complexity index is 1810. The van der Waals surface area contributed by atoms with Crippen molar-refractivity contribution in [3.05, 3.63) is 132 Å². The molecule has 6 rings (SSSR count). The van der Waals surface area contributed by atoms with Gasteiger partial charge in [-0.3, -0.25) is 9.59 Å². The molecule has 0 radical (unpaired) electrons. The first-order valence-corrected chi connectivity index (χ1v) is 16.2. The molecule has 0 saturated carbocycles. The summed E-state index contributed by atoms with van der Waals surface area (Å²) in [5.74, 6) is -1.10. The highest BCUT2D eigenvalue weighted by Gasteiger charge is 2.33. The summed E-state index contributed by atoms with van der Waals surface area (Å²) in [6, 6.07) is 29.3. The number of alkyl carbamates (subject to hydrolysis) is 1. The smallest absolute Gasteiger partial charge is 0.407 e. The molecule has 3 amide bonds. The molecule has 12 heteroatoms. The summed E-state index contributed by atoms with van der Waals surface area (Å²) in [5.41, 5.74) is 4.29. The lowest BCUT2D eigenvalue weighted by Crippen LogP contribution is -2.51. The average molecular weight is 670 g/mol. The van der Waals surface area contributed by atoms with Gasteiger partial charge in [0.1, 0.15) is 6.04 Å². The minimum atomic E-state index is -0.960. The second-order valence-electron chi connectivity index (χ2n) is 11.8. The number of ether oxygens (including phenoxy) is 2. The maximum absolute atomic E-state index is 14.0. The van der Waals surface area contributed by atoms with E-state index >= 15 is 0 Å². The summed E-state index contributed by atoms with van der Waals surface area (Å²) >= 11 is 0. The highest BCUT2D eigenvalue weighted by Crippen LogP contribution is 2.30. The number of morpholine rings is 1. The molecule has 1 fully saturated rings.